The molecule has 0 aromatic heterocycles. The highest BCUT2D eigenvalue weighted by molar-refractivity contribution is 7.80. The molecule has 74 valence electrons. The Balaban J connectivity index is 0.00000144. The second kappa shape index (κ2) is 4.11. The van der Waals surface area contributed by atoms with E-state index >= 15 is 0 Å². The molecule has 0 aliphatic carbocycles. The minimum absolute atomic E-state index is 0. The molecule has 0 radical (unpaired) electrons. The zero-order chi connectivity index (χ0) is 9.35. The van der Waals surface area contributed by atoms with Crippen LogP contribution >= 0.6 is 25.0 Å². The van der Waals surface area contributed by atoms with Crippen molar-refractivity contribution in [2.24, 2.45) is 0 Å². The van der Waals surface area contributed by atoms with E-state index in [1.54, 1.807) is 0 Å². The Bertz CT molecular complexity index is 300. The minimum Gasteiger partial charge on any atom is -0.397 e. The third kappa shape index (κ3) is 2.70. The molecular weight excluding hydrogens is 223 g/mol. The number of hydrogen-bond donors (Lipinski definition) is 2. The summed E-state index contributed by atoms with van der Waals surface area (Å²) in [7, 11) is 0. The lowest BCUT2D eigenvalue weighted by Crippen LogP contribution is -2.08. The molecule has 0 atom stereocenters. The molecule has 1 aromatic rings. The number of hydrogen-bond acceptors (Lipinski definition) is 2. The van der Waals surface area contributed by atoms with E-state index in [2.05, 4.69) is 12.6 Å². The number of benzene rings is 1. The number of anilines is 1. The highest BCUT2D eigenvalue weighted by Gasteiger charge is 2.33. The number of halogens is 4. The van der Waals surface area contributed by atoms with Gasteiger partial charge in [0.05, 0.1) is 11.3 Å². The number of nitrogens with two attached hydrogens (primary N) is 1. The van der Waals surface area contributed by atoms with E-state index in [-0.39, 0.29) is 23.0 Å². The molecule has 1 rings (SSSR count). The van der Waals surface area contributed by atoms with Gasteiger partial charge < -0.3 is 5.73 Å². The average molecular weight is 230 g/mol. The summed E-state index contributed by atoms with van der Waals surface area (Å²) in [5, 5.41) is 0. The quantitative estimate of drug-likeness (QED) is 0.519. The number of rotatable bonds is 0. The summed E-state index contributed by atoms with van der Waals surface area (Å²) < 4.78 is 36.3. The lowest BCUT2D eigenvalue weighted by Gasteiger charge is -2.10. The van der Waals surface area contributed by atoms with Crippen LogP contribution < -0.4 is 5.73 Å². The van der Waals surface area contributed by atoms with Crippen LogP contribution in [0, 0.1) is 0 Å². The van der Waals surface area contributed by atoms with Crippen molar-refractivity contribution in [1.29, 1.82) is 0 Å². The largest absolute Gasteiger partial charge is 0.418 e. The molecule has 0 amide bonds. The van der Waals surface area contributed by atoms with Gasteiger partial charge in [-0.15, -0.1) is 25.0 Å². The molecular formula is C7H7ClF3NS. The molecule has 6 heteroatoms. The molecule has 0 heterocycles. The molecule has 0 fully saturated rings. The van der Waals surface area contributed by atoms with Crippen molar-refractivity contribution in [2.75, 3.05) is 5.73 Å². The van der Waals surface area contributed by atoms with Gasteiger partial charge in [0.25, 0.3) is 0 Å². The summed E-state index contributed by atoms with van der Waals surface area (Å²) >= 11 is 3.77. The van der Waals surface area contributed by atoms with Gasteiger partial charge in [-0.05, 0) is 12.1 Å². The fraction of sp³-hybridized carbons (Fsp3) is 0.143. The molecule has 13 heavy (non-hydrogen) atoms. The van der Waals surface area contributed by atoms with Crippen LogP contribution in [0.15, 0.2) is 23.1 Å². The average Bonchev–Trinajstić information content (AvgIpc) is 1.92. The van der Waals surface area contributed by atoms with Gasteiger partial charge in [-0.3, -0.25) is 0 Å². The maximum Gasteiger partial charge on any atom is 0.418 e. The molecule has 0 spiro atoms. The summed E-state index contributed by atoms with van der Waals surface area (Å²) in [5.41, 5.74) is 4.01. The standard InChI is InChI=1S/C7H6F3NS.ClH/c8-7(9,10)4-2-1-3-5(12)6(4)11;/h1-3,12H,11H2;1H. The normalized spacial score (nSPS) is 10.8. The van der Waals surface area contributed by atoms with Gasteiger partial charge in [0, 0.05) is 4.90 Å². The van der Waals surface area contributed by atoms with E-state index in [1.807, 2.05) is 0 Å². The zero-order valence-corrected chi connectivity index (χ0v) is 8.01. The molecule has 0 unspecified atom stereocenters. The van der Waals surface area contributed by atoms with E-state index in [4.69, 9.17) is 5.73 Å². The van der Waals surface area contributed by atoms with Crippen molar-refractivity contribution in [3.63, 3.8) is 0 Å². The van der Waals surface area contributed by atoms with Crippen molar-refractivity contribution in [2.45, 2.75) is 11.1 Å². The van der Waals surface area contributed by atoms with Crippen LogP contribution in [0.25, 0.3) is 0 Å². The summed E-state index contributed by atoms with van der Waals surface area (Å²) in [4.78, 5) is 0.143. The first-order chi connectivity index (χ1) is 5.43. The van der Waals surface area contributed by atoms with E-state index in [1.165, 1.54) is 12.1 Å². The van der Waals surface area contributed by atoms with Crippen LogP contribution in [0.4, 0.5) is 18.9 Å². The van der Waals surface area contributed by atoms with E-state index in [9.17, 15) is 13.2 Å². The number of para-hydroxylation sites is 1. The summed E-state index contributed by atoms with van der Waals surface area (Å²) in [6.45, 7) is 0. The zero-order valence-electron chi connectivity index (χ0n) is 6.30. The predicted octanol–water partition coefficient (Wildman–Crippen LogP) is 3.00. The third-order valence-electron chi connectivity index (χ3n) is 1.39. The predicted molar refractivity (Wildman–Crippen MR) is 50.4 cm³/mol. The molecule has 1 nitrogen and oxygen atoms in total. The Hall–Kier alpha value is -0.550. The van der Waals surface area contributed by atoms with Crippen molar-refractivity contribution < 1.29 is 13.2 Å². The van der Waals surface area contributed by atoms with Gasteiger partial charge in [-0.1, -0.05) is 6.07 Å². The van der Waals surface area contributed by atoms with Gasteiger partial charge in [0.1, 0.15) is 0 Å². The molecule has 0 aliphatic rings. The molecule has 1 aromatic carbocycles. The third-order valence-corrected chi connectivity index (χ3v) is 1.78. The Labute approximate surface area is 84.9 Å². The van der Waals surface area contributed by atoms with Gasteiger partial charge in [-0.25, -0.2) is 0 Å². The Morgan fingerprint density at radius 3 is 2.15 bits per heavy atom. The monoisotopic (exact) mass is 229 g/mol. The Kier molecular flexibility index (Phi) is 3.93. The van der Waals surface area contributed by atoms with Gasteiger partial charge in [-0.2, -0.15) is 13.2 Å². The van der Waals surface area contributed by atoms with Crippen LogP contribution in [0.2, 0.25) is 0 Å². The topological polar surface area (TPSA) is 26.0 Å². The number of alkyl halides is 3. The summed E-state index contributed by atoms with van der Waals surface area (Å²) in [6, 6.07) is 3.60. The summed E-state index contributed by atoms with van der Waals surface area (Å²) in [6.07, 6.45) is -4.40. The van der Waals surface area contributed by atoms with Gasteiger partial charge in [0.2, 0.25) is 0 Å². The van der Waals surface area contributed by atoms with E-state index in [0.29, 0.717) is 0 Å². The fourth-order valence-electron chi connectivity index (χ4n) is 0.800. The van der Waals surface area contributed by atoms with Crippen LogP contribution in [-0.4, -0.2) is 0 Å². The van der Waals surface area contributed by atoms with Gasteiger partial charge >= 0.3 is 6.18 Å². The molecule has 0 aliphatic heterocycles. The first-order valence-electron chi connectivity index (χ1n) is 3.07. The summed E-state index contributed by atoms with van der Waals surface area (Å²) in [5.74, 6) is 0. The smallest absolute Gasteiger partial charge is 0.397 e. The SMILES string of the molecule is Cl.Nc1c(S)cccc1C(F)(F)F. The van der Waals surface area contributed by atoms with E-state index in [0.717, 1.165) is 6.07 Å². The second-order valence-corrected chi connectivity index (χ2v) is 2.72. The lowest BCUT2D eigenvalue weighted by atomic mass is 10.2. The van der Waals surface area contributed by atoms with Gasteiger partial charge in [0.15, 0.2) is 0 Å². The van der Waals surface area contributed by atoms with Crippen LogP contribution in [0.5, 0.6) is 0 Å². The maximum absolute atomic E-state index is 12.1. The highest BCUT2D eigenvalue weighted by Crippen LogP contribution is 2.35. The molecule has 2 N–H and O–H groups in total. The van der Waals surface area contributed by atoms with Crippen LogP contribution in [0.3, 0.4) is 0 Å². The first kappa shape index (κ1) is 12.4. The number of nitrogen functional groups attached to an aromatic ring is 1. The number of thiol groups is 1. The van der Waals surface area contributed by atoms with Crippen molar-refractivity contribution in [3.05, 3.63) is 23.8 Å². The maximum atomic E-state index is 12.1. The van der Waals surface area contributed by atoms with E-state index < -0.39 is 11.7 Å². The minimum atomic E-state index is -4.40. The van der Waals surface area contributed by atoms with Crippen molar-refractivity contribution >= 4 is 30.7 Å². The molecule has 0 saturated carbocycles. The molecule has 0 bridgehead atoms. The van der Waals surface area contributed by atoms with Crippen molar-refractivity contribution in [3.8, 4) is 0 Å². The Morgan fingerprint density at radius 2 is 1.77 bits per heavy atom. The van der Waals surface area contributed by atoms with Crippen LogP contribution in [-0.2, 0) is 6.18 Å². The lowest BCUT2D eigenvalue weighted by molar-refractivity contribution is -0.137. The highest BCUT2D eigenvalue weighted by atomic mass is 35.5. The first-order valence-corrected chi connectivity index (χ1v) is 3.52. The fourth-order valence-corrected chi connectivity index (χ4v) is 1.01. The van der Waals surface area contributed by atoms with Crippen molar-refractivity contribution in [1.82, 2.24) is 0 Å². The second-order valence-electron chi connectivity index (χ2n) is 2.24. The Morgan fingerprint density at radius 1 is 1.23 bits per heavy atom. The van der Waals surface area contributed by atoms with Crippen LogP contribution in [0.1, 0.15) is 5.56 Å². The molecule has 0 saturated heterocycles.